The van der Waals surface area contributed by atoms with Gasteiger partial charge in [0.2, 0.25) is 11.8 Å². The van der Waals surface area contributed by atoms with E-state index in [-0.39, 0.29) is 23.8 Å². The molecule has 31 heavy (non-hydrogen) atoms. The van der Waals surface area contributed by atoms with Gasteiger partial charge in [-0.1, -0.05) is 11.6 Å². The molecule has 0 aromatic heterocycles. The molecule has 3 amide bonds. The second-order valence-corrected chi connectivity index (χ2v) is 9.36. The number of nitrogens with one attached hydrogen (secondary N) is 1. The van der Waals surface area contributed by atoms with E-state index in [1.807, 2.05) is 36.9 Å². The molecular formula is C24H33N3O4. The number of carbonyl (C=O) groups excluding carboxylic acids is 3. The molecule has 1 N–H and O–H groups in total. The van der Waals surface area contributed by atoms with Crippen LogP contribution in [0.2, 0.25) is 0 Å². The van der Waals surface area contributed by atoms with Crippen molar-refractivity contribution < 1.29 is 19.1 Å². The molecule has 0 saturated carbocycles. The Hall–Kier alpha value is -2.57. The third kappa shape index (κ3) is 4.27. The fraction of sp³-hybridized carbons (Fsp3) is 0.625. The highest BCUT2D eigenvalue weighted by molar-refractivity contribution is 5.97. The zero-order valence-corrected chi connectivity index (χ0v) is 18.8. The zero-order valence-electron chi connectivity index (χ0n) is 18.8. The van der Waals surface area contributed by atoms with Gasteiger partial charge in [0.1, 0.15) is 17.4 Å². The Morgan fingerprint density at radius 3 is 2.81 bits per heavy atom. The highest BCUT2D eigenvalue weighted by Crippen LogP contribution is 2.34. The van der Waals surface area contributed by atoms with Gasteiger partial charge in [-0.2, -0.15) is 0 Å². The Kier molecular flexibility index (Phi) is 5.95. The van der Waals surface area contributed by atoms with Gasteiger partial charge in [0.25, 0.3) is 5.91 Å². The number of aryl methyl sites for hydroxylation is 1. The molecule has 3 aliphatic rings. The lowest BCUT2D eigenvalue weighted by Gasteiger charge is -2.38. The molecule has 7 heteroatoms. The summed E-state index contributed by atoms with van der Waals surface area (Å²) < 4.78 is 6.40. The fourth-order valence-corrected chi connectivity index (χ4v) is 5.06. The maximum atomic E-state index is 13.2. The van der Waals surface area contributed by atoms with Gasteiger partial charge < -0.3 is 19.9 Å². The normalized spacial score (nSPS) is 27.6. The van der Waals surface area contributed by atoms with E-state index in [1.54, 1.807) is 4.90 Å². The number of nitrogens with zero attached hydrogens (tertiary/aromatic N) is 2. The highest BCUT2D eigenvalue weighted by Gasteiger charge is 2.42. The topological polar surface area (TPSA) is 79.0 Å². The lowest BCUT2D eigenvalue weighted by Crippen LogP contribution is -2.53. The van der Waals surface area contributed by atoms with Gasteiger partial charge in [-0.05, 0) is 58.6 Å². The molecule has 3 atom stereocenters. The average molecular weight is 428 g/mol. The molecule has 3 aliphatic heterocycles. The summed E-state index contributed by atoms with van der Waals surface area (Å²) in [6.45, 7) is 7.43. The predicted molar refractivity (Wildman–Crippen MR) is 117 cm³/mol. The van der Waals surface area contributed by atoms with Crippen molar-refractivity contribution in [2.75, 3.05) is 19.6 Å². The maximum Gasteiger partial charge on any atom is 0.255 e. The molecule has 3 heterocycles. The van der Waals surface area contributed by atoms with E-state index in [0.717, 1.165) is 31.4 Å². The van der Waals surface area contributed by atoms with E-state index >= 15 is 0 Å². The van der Waals surface area contributed by atoms with Crippen LogP contribution < -0.4 is 10.1 Å². The fourth-order valence-electron chi connectivity index (χ4n) is 5.06. The van der Waals surface area contributed by atoms with E-state index in [2.05, 4.69) is 12.2 Å². The predicted octanol–water partition coefficient (Wildman–Crippen LogP) is 2.66. The average Bonchev–Trinajstić information content (AvgIpc) is 3.00. The Bertz CT molecular complexity index is 886. The van der Waals surface area contributed by atoms with Crippen molar-refractivity contribution in [1.29, 1.82) is 0 Å². The van der Waals surface area contributed by atoms with Crippen LogP contribution >= 0.6 is 0 Å². The molecule has 168 valence electrons. The van der Waals surface area contributed by atoms with Gasteiger partial charge in [-0.25, -0.2) is 0 Å². The van der Waals surface area contributed by atoms with Gasteiger partial charge in [0, 0.05) is 32.0 Å². The largest absolute Gasteiger partial charge is 0.485 e. The van der Waals surface area contributed by atoms with Crippen LogP contribution in [0, 0.1) is 6.92 Å². The van der Waals surface area contributed by atoms with E-state index in [4.69, 9.17) is 4.74 Å². The minimum Gasteiger partial charge on any atom is -0.485 e. The van der Waals surface area contributed by atoms with Crippen LogP contribution in [0.4, 0.5) is 0 Å². The summed E-state index contributed by atoms with van der Waals surface area (Å²) in [5, 5.41) is 2.99. The smallest absolute Gasteiger partial charge is 0.255 e. The van der Waals surface area contributed by atoms with E-state index in [1.165, 1.54) is 0 Å². The van der Waals surface area contributed by atoms with Crippen molar-refractivity contribution in [3.8, 4) is 5.75 Å². The number of hydrogen-bond acceptors (Lipinski definition) is 4. The third-order valence-corrected chi connectivity index (χ3v) is 7.11. The monoisotopic (exact) mass is 427 g/mol. The van der Waals surface area contributed by atoms with Crippen LogP contribution in [0.25, 0.3) is 0 Å². The molecule has 7 nitrogen and oxygen atoms in total. The Morgan fingerprint density at radius 2 is 2.03 bits per heavy atom. The SMILES string of the molecule is Cc1ccc2c(c1)C(=O)NCC1(CCC(=O)N(C(C)C(=O)N3CCCCC3C)CC1)O2. The summed E-state index contributed by atoms with van der Waals surface area (Å²) in [7, 11) is 0. The molecular weight excluding hydrogens is 394 g/mol. The number of amides is 3. The first-order valence-corrected chi connectivity index (χ1v) is 11.5. The van der Waals surface area contributed by atoms with Crippen LogP contribution in [0.5, 0.6) is 5.75 Å². The molecule has 3 unspecified atom stereocenters. The van der Waals surface area contributed by atoms with E-state index < -0.39 is 11.6 Å². The zero-order chi connectivity index (χ0) is 22.2. The van der Waals surface area contributed by atoms with Gasteiger partial charge in [-0.15, -0.1) is 0 Å². The molecule has 4 rings (SSSR count). The minimum atomic E-state index is -0.651. The summed E-state index contributed by atoms with van der Waals surface area (Å²) in [4.78, 5) is 42.4. The molecule has 1 aromatic rings. The number of benzene rings is 1. The molecule has 0 radical (unpaired) electrons. The van der Waals surface area contributed by atoms with Gasteiger partial charge in [0.15, 0.2) is 0 Å². The molecule has 1 spiro atoms. The first-order valence-electron chi connectivity index (χ1n) is 11.5. The van der Waals surface area contributed by atoms with Crippen molar-refractivity contribution in [2.24, 2.45) is 0 Å². The minimum absolute atomic E-state index is 0.0225. The molecule has 1 aromatic carbocycles. The third-order valence-electron chi connectivity index (χ3n) is 7.11. The summed E-state index contributed by atoms with van der Waals surface area (Å²) in [6, 6.07) is 5.33. The van der Waals surface area contributed by atoms with Crippen molar-refractivity contribution >= 4 is 17.7 Å². The van der Waals surface area contributed by atoms with Crippen molar-refractivity contribution in [3.05, 3.63) is 29.3 Å². The van der Waals surface area contributed by atoms with Gasteiger partial charge in [0.05, 0.1) is 12.1 Å². The number of hydrogen-bond donors (Lipinski definition) is 1. The lowest BCUT2D eigenvalue weighted by atomic mass is 9.94. The van der Waals surface area contributed by atoms with Crippen LogP contribution in [-0.4, -0.2) is 64.8 Å². The standard InChI is InChI=1S/C24H33N3O4/c1-16-7-8-20-19(14-16)22(29)25-15-24(31-20)10-9-21(28)27(13-11-24)18(3)23(30)26-12-5-4-6-17(26)2/h7-8,14,17-18H,4-6,9-13,15H2,1-3H3,(H,25,29). The number of rotatable bonds is 2. The van der Waals surface area contributed by atoms with Gasteiger partial charge >= 0.3 is 0 Å². The Morgan fingerprint density at radius 1 is 1.23 bits per heavy atom. The number of carbonyl (C=O) groups is 3. The van der Waals surface area contributed by atoms with Crippen LogP contribution in [0.15, 0.2) is 18.2 Å². The summed E-state index contributed by atoms with van der Waals surface area (Å²) in [5.74, 6) is 0.427. The van der Waals surface area contributed by atoms with Crippen molar-refractivity contribution in [3.63, 3.8) is 0 Å². The van der Waals surface area contributed by atoms with Gasteiger partial charge in [-0.3, -0.25) is 14.4 Å². The van der Waals surface area contributed by atoms with Crippen LogP contribution in [0.3, 0.4) is 0 Å². The number of likely N-dealkylation sites (tertiary alicyclic amines) is 2. The molecule has 2 saturated heterocycles. The van der Waals surface area contributed by atoms with Crippen LogP contribution in [0.1, 0.15) is 68.3 Å². The molecule has 0 bridgehead atoms. The van der Waals surface area contributed by atoms with Crippen molar-refractivity contribution in [2.45, 2.75) is 77.0 Å². The highest BCUT2D eigenvalue weighted by atomic mass is 16.5. The first kappa shape index (κ1) is 21.7. The second-order valence-electron chi connectivity index (χ2n) is 9.36. The first-order chi connectivity index (χ1) is 14.8. The number of fused-ring (bicyclic) bond motifs is 1. The summed E-state index contributed by atoms with van der Waals surface area (Å²) in [6.07, 6.45) is 4.56. The Labute approximate surface area is 184 Å². The van der Waals surface area contributed by atoms with Crippen molar-refractivity contribution in [1.82, 2.24) is 15.1 Å². The van der Waals surface area contributed by atoms with E-state index in [9.17, 15) is 14.4 Å². The van der Waals surface area contributed by atoms with E-state index in [0.29, 0.717) is 43.7 Å². The maximum absolute atomic E-state index is 13.2. The lowest BCUT2D eigenvalue weighted by molar-refractivity contribution is -0.147. The summed E-state index contributed by atoms with van der Waals surface area (Å²) >= 11 is 0. The molecule has 2 fully saturated rings. The number of piperidine rings is 1. The second kappa shape index (κ2) is 8.52. The van der Waals surface area contributed by atoms with Crippen LogP contribution in [-0.2, 0) is 9.59 Å². The molecule has 0 aliphatic carbocycles. The quantitative estimate of drug-likeness (QED) is 0.787. The summed E-state index contributed by atoms with van der Waals surface area (Å²) in [5.41, 5.74) is 0.878. The Balaban J connectivity index is 1.51. The number of ether oxygens (including phenoxy) is 1.